The normalized spacial score (nSPS) is 43.5. The van der Waals surface area contributed by atoms with Crippen LogP contribution >= 0.6 is 0 Å². The van der Waals surface area contributed by atoms with Gasteiger partial charge >= 0.3 is 0 Å². The predicted molar refractivity (Wildman–Crippen MR) is 71.8 cm³/mol. The van der Waals surface area contributed by atoms with Crippen molar-refractivity contribution >= 4 is 5.78 Å². The molecule has 17 heavy (non-hydrogen) atoms. The van der Waals surface area contributed by atoms with Crippen LogP contribution in [0.4, 0.5) is 0 Å². The fourth-order valence-electron chi connectivity index (χ4n) is 3.79. The van der Waals surface area contributed by atoms with Gasteiger partial charge in [0.25, 0.3) is 0 Å². The molecule has 0 bridgehead atoms. The van der Waals surface area contributed by atoms with Crippen molar-refractivity contribution in [1.82, 2.24) is 0 Å². The summed E-state index contributed by atoms with van der Waals surface area (Å²) in [4.78, 5) is 12.4. The van der Waals surface area contributed by atoms with Crippen LogP contribution in [0, 0.1) is 22.7 Å². The van der Waals surface area contributed by atoms with Gasteiger partial charge in [-0.05, 0) is 48.0 Å². The molecule has 3 unspecified atom stereocenters. The van der Waals surface area contributed by atoms with Crippen LogP contribution in [0.25, 0.3) is 0 Å². The number of allylic oxidation sites excluding steroid dienone is 2. The van der Waals surface area contributed by atoms with E-state index in [-0.39, 0.29) is 5.41 Å². The Morgan fingerprint density at radius 1 is 1.18 bits per heavy atom. The average Bonchev–Trinajstić information content (AvgIpc) is 2.72. The molecule has 96 valence electrons. The van der Waals surface area contributed by atoms with Crippen molar-refractivity contribution in [3.8, 4) is 0 Å². The van der Waals surface area contributed by atoms with E-state index in [1.807, 2.05) is 0 Å². The van der Waals surface area contributed by atoms with E-state index in [1.54, 1.807) is 0 Å². The number of ketones is 1. The summed E-state index contributed by atoms with van der Waals surface area (Å²) in [6, 6.07) is 0. The highest BCUT2D eigenvalue weighted by atomic mass is 16.1. The van der Waals surface area contributed by atoms with Crippen LogP contribution in [0.5, 0.6) is 0 Å². The maximum absolute atomic E-state index is 12.4. The summed E-state index contributed by atoms with van der Waals surface area (Å²) in [6.45, 7) is 13.5. The first-order valence-electron chi connectivity index (χ1n) is 6.92. The molecule has 3 atom stereocenters. The van der Waals surface area contributed by atoms with E-state index in [2.05, 4.69) is 41.5 Å². The van der Waals surface area contributed by atoms with Crippen LogP contribution < -0.4 is 0 Å². The topological polar surface area (TPSA) is 17.1 Å². The second kappa shape index (κ2) is 3.70. The van der Waals surface area contributed by atoms with Gasteiger partial charge < -0.3 is 0 Å². The highest BCUT2D eigenvalue weighted by Crippen LogP contribution is 2.59. The van der Waals surface area contributed by atoms with E-state index in [4.69, 9.17) is 0 Å². The van der Waals surface area contributed by atoms with Gasteiger partial charge in [0.15, 0.2) is 5.78 Å². The van der Waals surface area contributed by atoms with Gasteiger partial charge in [0.2, 0.25) is 0 Å². The third-order valence-corrected chi connectivity index (χ3v) is 5.21. The van der Waals surface area contributed by atoms with Crippen LogP contribution in [-0.4, -0.2) is 5.78 Å². The SMILES string of the molecule is CC(=C1C(=O)CC(C)(C)CC1C)C1(C)CC1C. The van der Waals surface area contributed by atoms with Crippen molar-refractivity contribution in [2.24, 2.45) is 22.7 Å². The number of carbonyl (C=O) groups excluding carboxylic acids is 1. The zero-order chi connectivity index (χ0) is 13.0. The first-order chi connectivity index (χ1) is 7.67. The third-order valence-electron chi connectivity index (χ3n) is 5.21. The first kappa shape index (κ1) is 12.9. The fourth-order valence-corrected chi connectivity index (χ4v) is 3.79. The molecular formula is C16H26O. The fraction of sp³-hybridized carbons (Fsp3) is 0.812. The average molecular weight is 234 g/mol. The zero-order valence-electron chi connectivity index (χ0n) is 12.2. The van der Waals surface area contributed by atoms with Gasteiger partial charge in [-0.25, -0.2) is 0 Å². The lowest BCUT2D eigenvalue weighted by Crippen LogP contribution is -2.31. The molecule has 0 saturated heterocycles. The van der Waals surface area contributed by atoms with Gasteiger partial charge in [0.1, 0.15) is 0 Å². The lowest BCUT2D eigenvalue weighted by atomic mass is 9.67. The Hall–Kier alpha value is -0.590. The molecule has 0 aromatic rings. The summed E-state index contributed by atoms with van der Waals surface area (Å²) < 4.78 is 0. The first-order valence-corrected chi connectivity index (χ1v) is 6.92. The number of Topliss-reactive ketones (excluding diaryl/α,β-unsaturated/α-hetero) is 1. The summed E-state index contributed by atoms with van der Waals surface area (Å²) in [7, 11) is 0. The molecule has 1 heteroatoms. The maximum Gasteiger partial charge on any atom is 0.159 e. The van der Waals surface area contributed by atoms with Crippen molar-refractivity contribution < 1.29 is 4.79 Å². The minimum Gasteiger partial charge on any atom is -0.295 e. The highest BCUT2D eigenvalue weighted by molar-refractivity contribution is 5.98. The monoisotopic (exact) mass is 234 g/mol. The predicted octanol–water partition coefficient (Wildman–Crippen LogP) is 4.37. The molecule has 0 heterocycles. The molecule has 0 N–H and O–H groups in total. The van der Waals surface area contributed by atoms with Crippen molar-refractivity contribution in [1.29, 1.82) is 0 Å². The summed E-state index contributed by atoms with van der Waals surface area (Å²) in [5.41, 5.74) is 3.06. The highest BCUT2D eigenvalue weighted by Gasteiger charge is 2.50. The van der Waals surface area contributed by atoms with Gasteiger partial charge in [0.05, 0.1) is 0 Å². The van der Waals surface area contributed by atoms with Crippen LogP contribution in [0.1, 0.15) is 60.8 Å². The number of hydrogen-bond acceptors (Lipinski definition) is 1. The Morgan fingerprint density at radius 2 is 1.71 bits per heavy atom. The van der Waals surface area contributed by atoms with E-state index in [9.17, 15) is 4.79 Å². The Bertz CT molecular complexity index is 388. The minimum atomic E-state index is 0.191. The Kier molecular flexibility index (Phi) is 2.80. The number of carbonyl (C=O) groups is 1. The molecule has 2 saturated carbocycles. The van der Waals surface area contributed by atoms with Gasteiger partial charge in [-0.1, -0.05) is 40.2 Å². The Morgan fingerprint density at radius 3 is 2.12 bits per heavy atom. The van der Waals surface area contributed by atoms with Crippen LogP contribution in [-0.2, 0) is 4.79 Å². The van der Waals surface area contributed by atoms with E-state index in [1.165, 1.54) is 12.0 Å². The van der Waals surface area contributed by atoms with Crippen LogP contribution in [0.2, 0.25) is 0 Å². The molecule has 2 aliphatic carbocycles. The third kappa shape index (κ3) is 2.09. The van der Waals surface area contributed by atoms with Gasteiger partial charge in [-0.15, -0.1) is 0 Å². The van der Waals surface area contributed by atoms with E-state index in [0.717, 1.165) is 24.3 Å². The van der Waals surface area contributed by atoms with Crippen molar-refractivity contribution in [2.75, 3.05) is 0 Å². The molecule has 1 nitrogen and oxygen atoms in total. The molecule has 0 aromatic carbocycles. The lowest BCUT2D eigenvalue weighted by Gasteiger charge is -2.36. The zero-order valence-corrected chi connectivity index (χ0v) is 12.2. The summed E-state index contributed by atoms with van der Waals surface area (Å²) in [5, 5.41) is 0. The lowest BCUT2D eigenvalue weighted by molar-refractivity contribution is -0.119. The van der Waals surface area contributed by atoms with Crippen molar-refractivity contribution in [3.63, 3.8) is 0 Å². The minimum absolute atomic E-state index is 0.191. The molecule has 0 amide bonds. The molecule has 2 fully saturated rings. The largest absolute Gasteiger partial charge is 0.295 e. The molecule has 2 aliphatic rings. The molecule has 2 rings (SSSR count). The standard InChI is InChI=1S/C16H26O/c1-10-7-15(4,5)9-13(17)14(10)12(3)16(6)8-11(16)2/h10-11H,7-9H2,1-6H3. The number of hydrogen-bond donors (Lipinski definition) is 0. The Labute approximate surface area is 106 Å². The molecule has 0 radical (unpaired) electrons. The van der Waals surface area contributed by atoms with E-state index < -0.39 is 0 Å². The van der Waals surface area contributed by atoms with Crippen molar-refractivity contribution in [3.05, 3.63) is 11.1 Å². The van der Waals surface area contributed by atoms with Gasteiger partial charge in [-0.3, -0.25) is 4.79 Å². The summed E-state index contributed by atoms with van der Waals surface area (Å²) >= 11 is 0. The molecule has 0 spiro atoms. The Balaban J connectivity index is 2.33. The van der Waals surface area contributed by atoms with Gasteiger partial charge in [0, 0.05) is 6.42 Å². The smallest absolute Gasteiger partial charge is 0.159 e. The van der Waals surface area contributed by atoms with E-state index >= 15 is 0 Å². The maximum atomic E-state index is 12.4. The molecule has 0 aliphatic heterocycles. The second-order valence-electron chi connectivity index (χ2n) is 7.43. The van der Waals surface area contributed by atoms with Gasteiger partial charge in [-0.2, -0.15) is 0 Å². The second-order valence-corrected chi connectivity index (χ2v) is 7.43. The van der Waals surface area contributed by atoms with Crippen molar-refractivity contribution in [2.45, 2.75) is 60.8 Å². The summed E-state index contributed by atoms with van der Waals surface area (Å²) in [5.74, 6) is 1.60. The quantitative estimate of drug-likeness (QED) is 0.616. The summed E-state index contributed by atoms with van der Waals surface area (Å²) in [6.07, 6.45) is 3.13. The van der Waals surface area contributed by atoms with E-state index in [0.29, 0.717) is 17.1 Å². The van der Waals surface area contributed by atoms with Crippen LogP contribution in [0.15, 0.2) is 11.1 Å². The molecule has 0 aromatic heterocycles. The van der Waals surface area contributed by atoms with Crippen LogP contribution in [0.3, 0.4) is 0 Å². The number of rotatable bonds is 1. The molecular weight excluding hydrogens is 208 g/mol.